The Morgan fingerprint density at radius 3 is 2.40 bits per heavy atom. The van der Waals surface area contributed by atoms with Crippen LogP contribution in [0.3, 0.4) is 0 Å². The Morgan fingerprint density at radius 1 is 0.950 bits per heavy atom. The van der Waals surface area contributed by atoms with E-state index in [4.69, 9.17) is 5.73 Å². The van der Waals surface area contributed by atoms with Crippen molar-refractivity contribution in [3.8, 4) is 0 Å². The van der Waals surface area contributed by atoms with Gasteiger partial charge in [0.05, 0.1) is 0 Å². The van der Waals surface area contributed by atoms with Crippen molar-refractivity contribution in [1.29, 1.82) is 0 Å². The number of nitrogens with two attached hydrogens (primary N) is 1. The lowest BCUT2D eigenvalue weighted by Gasteiger charge is -2.39. The molecule has 2 rings (SSSR count). The second-order valence-electron chi connectivity index (χ2n) is 6.77. The molecule has 0 heterocycles. The van der Waals surface area contributed by atoms with Gasteiger partial charge >= 0.3 is 0 Å². The summed E-state index contributed by atoms with van der Waals surface area (Å²) in [6.45, 7) is 0.696. The number of hydrogen-bond acceptors (Lipinski definition) is 2. The summed E-state index contributed by atoms with van der Waals surface area (Å²) in [5.74, 6) is 1.88. The molecule has 2 aliphatic carbocycles. The molecule has 0 aromatic heterocycles. The molecule has 2 saturated carbocycles. The standard InChI is InChI=1S/C17H32N2O/c18-13-7-6-12-17(20)19-16-11-5-4-10-15(16)14-8-2-1-3-9-14/h14-16H,1-13,18H2,(H,19,20). The first kappa shape index (κ1) is 15.8. The van der Waals surface area contributed by atoms with Gasteiger partial charge in [0.1, 0.15) is 0 Å². The van der Waals surface area contributed by atoms with Crippen molar-refractivity contribution >= 4 is 5.91 Å². The highest BCUT2D eigenvalue weighted by molar-refractivity contribution is 5.76. The van der Waals surface area contributed by atoms with Crippen LogP contribution in [0.15, 0.2) is 0 Å². The van der Waals surface area contributed by atoms with Crippen molar-refractivity contribution < 1.29 is 4.79 Å². The third kappa shape index (κ3) is 4.76. The summed E-state index contributed by atoms with van der Waals surface area (Å²) >= 11 is 0. The molecule has 0 aliphatic heterocycles. The van der Waals surface area contributed by atoms with Crippen molar-refractivity contribution in [2.45, 2.75) is 83.1 Å². The molecule has 0 radical (unpaired) electrons. The fourth-order valence-electron chi connectivity index (χ4n) is 4.17. The summed E-state index contributed by atoms with van der Waals surface area (Å²) in [6, 6.07) is 0.456. The maximum atomic E-state index is 12.1. The van der Waals surface area contributed by atoms with Crippen LogP contribution in [-0.2, 0) is 4.79 Å². The van der Waals surface area contributed by atoms with E-state index in [9.17, 15) is 4.79 Å². The van der Waals surface area contributed by atoms with E-state index < -0.39 is 0 Å². The van der Waals surface area contributed by atoms with Gasteiger partial charge in [-0.15, -0.1) is 0 Å². The van der Waals surface area contributed by atoms with E-state index in [1.54, 1.807) is 0 Å². The molecule has 0 saturated heterocycles. The molecule has 2 unspecified atom stereocenters. The molecule has 0 bridgehead atoms. The van der Waals surface area contributed by atoms with E-state index in [0.717, 1.165) is 24.7 Å². The normalized spacial score (nSPS) is 28.2. The third-order valence-electron chi connectivity index (χ3n) is 5.28. The maximum Gasteiger partial charge on any atom is 0.220 e. The average molecular weight is 280 g/mol. The minimum absolute atomic E-state index is 0.256. The van der Waals surface area contributed by atoms with Gasteiger partial charge in [-0.1, -0.05) is 44.9 Å². The van der Waals surface area contributed by atoms with Gasteiger partial charge in [-0.2, -0.15) is 0 Å². The molecule has 1 amide bonds. The van der Waals surface area contributed by atoms with Crippen LogP contribution in [0, 0.1) is 11.8 Å². The topological polar surface area (TPSA) is 55.1 Å². The van der Waals surface area contributed by atoms with Gasteiger partial charge in [0.15, 0.2) is 0 Å². The number of rotatable bonds is 6. The zero-order valence-electron chi connectivity index (χ0n) is 12.9. The molecule has 2 fully saturated rings. The predicted octanol–water partition coefficient (Wildman–Crippen LogP) is 3.37. The van der Waals surface area contributed by atoms with Crippen molar-refractivity contribution in [1.82, 2.24) is 5.32 Å². The molecule has 0 aromatic rings. The molecule has 0 aromatic carbocycles. The fraction of sp³-hybridized carbons (Fsp3) is 0.941. The summed E-state index contributed by atoms with van der Waals surface area (Å²) in [7, 11) is 0. The van der Waals surface area contributed by atoms with Crippen molar-refractivity contribution in [2.75, 3.05) is 6.54 Å². The zero-order chi connectivity index (χ0) is 14.2. The Hall–Kier alpha value is -0.570. The van der Waals surface area contributed by atoms with Crippen LogP contribution >= 0.6 is 0 Å². The Labute approximate surface area is 124 Å². The van der Waals surface area contributed by atoms with E-state index >= 15 is 0 Å². The van der Waals surface area contributed by atoms with Crippen LogP contribution in [0.2, 0.25) is 0 Å². The number of unbranched alkanes of at least 4 members (excludes halogenated alkanes) is 1. The van der Waals surface area contributed by atoms with E-state index in [-0.39, 0.29) is 5.91 Å². The minimum atomic E-state index is 0.256. The Balaban J connectivity index is 1.81. The summed E-state index contributed by atoms with van der Waals surface area (Å²) < 4.78 is 0. The monoisotopic (exact) mass is 280 g/mol. The number of carbonyl (C=O) groups is 1. The van der Waals surface area contributed by atoms with Crippen LogP contribution in [-0.4, -0.2) is 18.5 Å². The highest BCUT2D eigenvalue weighted by Crippen LogP contribution is 2.38. The van der Waals surface area contributed by atoms with Gasteiger partial charge in [-0.3, -0.25) is 4.79 Å². The molecule has 3 heteroatoms. The van der Waals surface area contributed by atoms with Gasteiger partial charge in [-0.05, 0) is 44.1 Å². The van der Waals surface area contributed by atoms with Crippen LogP contribution in [0.4, 0.5) is 0 Å². The molecule has 3 nitrogen and oxygen atoms in total. The van der Waals surface area contributed by atoms with Gasteiger partial charge in [0.25, 0.3) is 0 Å². The first-order valence-corrected chi connectivity index (χ1v) is 8.80. The first-order valence-electron chi connectivity index (χ1n) is 8.80. The molecule has 3 N–H and O–H groups in total. The second-order valence-corrected chi connectivity index (χ2v) is 6.77. The quantitative estimate of drug-likeness (QED) is 0.733. The number of carbonyl (C=O) groups excluding carboxylic acids is 1. The smallest absolute Gasteiger partial charge is 0.220 e. The Bertz CT molecular complexity index is 287. The summed E-state index contributed by atoms with van der Waals surface area (Å²) in [6.07, 6.45) is 14.7. The molecule has 20 heavy (non-hydrogen) atoms. The van der Waals surface area contributed by atoms with Crippen LogP contribution in [0.1, 0.15) is 77.0 Å². The first-order chi connectivity index (χ1) is 9.81. The van der Waals surface area contributed by atoms with Gasteiger partial charge in [0, 0.05) is 12.5 Å². The average Bonchev–Trinajstić information content (AvgIpc) is 2.49. The largest absolute Gasteiger partial charge is 0.353 e. The van der Waals surface area contributed by atoms with Crippen molar-refractivity contribution in [2.24, 2.45) is 17.6 Å². The van der Waals surface area contributed by atoms with Crippen molar-refractivity contribution in [3.63, 3.8) is 0 Å². The number of hydrogen-bond donors (Lipinski definition) is 2. The van der Waals surface area contributed by atoms with Crippen LogP contribution < -0.4 is 11.1 Å². The SMILES string of the molecule is NCCCCC(=O)NC1CCCCC1C1CCCCC1. The third-order valence-corrected chi connectivity index (χ3v) is 5.28. The summed E-state index contributed by atoms with van der Waals surface area (Å²) in [5.41, 5.74) is 5.49. The maximum absolute atomic E-state index is 12.1. The van der Waals surface area contributed by atoms with E-state index in [1.165, 1.54) is 57.8 Å². The van der Waals surface area contributed by atoms with Gasteiger partial charge < -0.3 is 11.1 Å². The second kappa shape index (κ2) is 8.66. The van der Waals surface area contributed by atoms with Crippen LogP contribution in [0.5, 0.6) is 0 Å². The molecule has 116 valence electrons. The summed E-state index contributed by atoms with van der Waals surface area (Å²) in [5, 5.41) is 3.35. The number of amides is 1. The molecular weight excluding hydrogens is 248 g/mol. The van der Waals surface area contributed by atoms with E-state index in [2.05, 4.69) is 5.32 Å². The molecule has 2 aliphatic rings. The highest BCUT2D eigenvalue weighted by atomic mass is 16.1. The van der Waals surface area contributed by atoms with Gasteiger partial charge in [-0.25, -0.2) is 0 Å². The lowest BCUT2D eigenvalue weighted by atomic mass is 9.71. The van der Waals surface area contributed by atoms with Crippen LogP contribution in [0.25, 0.3) is 0 Å². The van der Waals surface area contributed by atoms with Crippen molar-refractivity contribution in [3.05, 3.63) is 0 Å². The lowest BCUT2D eigenvalue weighted by molar-refractivity contribution is -0.122. The molecular formula is C17H32N2O. The molecule has 0 spiro atoms. The molecule has 2 atom stereocenters. The zero-order valence-corrected chi connectivity index (χ0v) is 12.9. The fourth-order valence-corrected chi connectivity index (χ4v) is 4.17. The minimum Gasteiger partial charge on any atom is -0.353 e. The lowest BCUT2D eigenvalue weighted by Crippen LogP contribution is -2.45. The Kier molecular flexibility index (Phi) is 6.85. The van der Waals surface area contributed by atoms with E-state index in [0.29, 0.717) is 19.0 Å². The Morgan fingerprint density at radius 2 is 1.65 bits per heavy atom. The summed E-state index contributed by atoms with van der Waals surface area (Å²) in [4.78, 5) is 12.1. The number of nitrogens with one attached hydrogen (secondary N) is 1. The predicted molar refractivity (Wildman–Crippen MR) is 83.4 cm³/mol. The highest BCUT2D eigenvalue weighted by Gasteiger charge is 2.33. The van der Waals surface area contributed by atoms with Gasteiger partial charge in [0.2, 0.25) is 5.91 Å². The van der Waals surface area contributed by atoms with E-state index in [1.807, 2.05) is 0 Å².